The maximum Gasteiger partial charge on any atom is 0.246 e. The van der Waals surface area contributed by atoms with Crippen LogP contribution >= 0.6 is 34.2 Å². The summed E-state index contributed by atoms with van der Waals surface area (Å²) in [4.78, 5) is 12.2. The average Bonchev–Trinajstić information content (AvgIpc) is 2.44. The molecule has 0 saturated carbocycles. The summed E-state index contributed by atoms with van der Waals surface area (Å²) in [6, 6.07) is 13.0. The Morgan fingerprint density at radius 1 is 1.24 bits per heavy atom. The molecule has 3 nitrogen and oxygen atoms in total. The van der Waals surface area contributed by atoms with Gasteiger partial charge in [0.25, 0.3) is 0 Å². The van der Waals surface area contributed by atoms with E-state index in [1.54, 1.807) is 6.07 Å². The summed E-state index contributed by atoms with van der Waals surface area (Å²) in [5.74, 6) is -0.0979. The molecule has 0 aliphatic carbocycles. The molecule has 0 fully saturated rings. The molecule has 1 atom stereocenters. The smallest absolute Gasteiger partial charge is 0.246 e. The van der Waals surface area contributed by atoms with Crippen molar-refractivity contribution >= 4 is 51.5 Å². The third-order valence-electron chi connectivity index (χ3n) is 3.13. The van der Waals surface area contributed by atoms with E-state index in [0.29, 0.717) is 5.02 Å². The fraction of sp³-hybridized carbons (Fsp3) is 0.188. The highest BCUT2D eigenvalue weighted by Crippen LogP contribution is 2.23. The molecule has 2 aromatic rings. The zero-order valence-electron chi connectivity index (χ0n) is 11.8. The van der Waals surface area contributed by atoms with Crippen molar-refractivity contribution in [1.82, 2.24) is 0 Å². The van der Waals surface area contributed by atoms with Crippen LogP contribution in [-0.4, -0.2) is 11.9 Å². The van der Waals surface area contributed by atoms with Gasteiger partial charge >= 0.3 is 0 Å². The van der Waals surface area contributed by atoms with Crippen molar-refractivity contribution in [2.45, 2.75) is 19.9 Å². The first-order valence-corrected chi connectivity index (χ1v) is 8.01. The van der Waals surface area contributed by atoms with Crippen molar-refractivity contribution in [3.8, 4) is 0 Å². The fourth-order valence-corrected chi connectivity index (χ4v) is 2.60. The number of nitrogens with one attached hydrogen (secondary N) is 2. The highest BCUT2D eigenvalue weighted by Gasteiger charge is 2.14. The molecule has 1 unspecified atom stereocenters. The van der Waals surface area contributed by atoms with Crippen molar-refractivity contribution in [2.24, 2.45) is 0 Å². The second kappa shape index (κ2) is 7.13. The number of carbonyl (C=O) groups excluding carboxylic acids is 1. The lowest BCUT2D eigenvalue weighted by molar-refractivity contribution is -0.116. The van der Waals surface area contributed by atoms with Gasteiger partial charge in [-0.05, 0) is 72.3 Å². The molecule has 110 valence electrons. The van der Waals surface area contributed by atoms with Gasteiger partial charge < -0.3 is 10.6 Å². The molecule has 0 aromatic heterocycles. The van der Waals surface area contributed by atoms with Crippen LogP contribution in [0.15, 0.2) is 42.5 Å². The Morgan fingerprint density at radius 2 is 1.95 bits per heavy atom. The number of amides is 1. The van der Waals surface area contributed by atoms with Gasteiger partial charge in [-0.15, -0.1) is 0 Å². The molecule has 0 bridgehead atoms. The van der Waals surface area contributed by atoms with E-state index in [1.807, 2.05) is 50.2 Å². The van der Waals surface area contributed by atoms with Crippen LogP contribution in [0.1, 0.15) is 12.5 Å². The van der Waals surface area contributed by atoms with Crippen LogP contribution in [0.4, 0.5) is 11.4 Å². The van der Waals surface area contributed by atoms with Gasteiger partial charge in [0.05, 0.1) is 0 Å². The van der Waals surface area contributed by atoms with E-state index < -0.39 is 0 Å². The second-order valence-corrected chi connectivity index (χ2v) is 6.43. The Balaban J connectivity index is 2.04. The Bertz CT molecular complexity index is 660. The van der Waals surface area contributed by atoms with Crippen molar-refractivity contribution < 1.29 is 4.79 Å². The highest BCUT2D eigenvalue weighted by atomic mass is 127. The monoisotopic (exact) mass is 414 g/mol. The van der Waals surface area contributed by atoms with Gasteiger partial charge in [-0.2, -0.15) is 0 Å². The second-order valence-electron chi connectivity index (χ2n) is 4.78. The van der Waals surface area contributed by atoms with Crippen molar-refractivity contribution in [3.05, 3.63) is 56.6 Å². The molecule has 0 radical (unpaired) electrons. The Hall–Kier alpha value is -1.27. The fourth-order valence-electron chi connectivity index (χ4n) is 1.88. The summed E-state index contributed by atoms with van der Waals surface area (Å²) < 4.78 is 1.12. The largest absolute Gasteiger partial charge is 0.374 e. The standard InChI is InChI=1S/C16H16ClIN2O/c1-10-14(17)7-4-8-15(10)20-16(21)11(2)19-13-6-3-5-12(18)9-13/h3-9,11,19H,1-2H3,(H,20,21). The van der Waals surface area contributed by atoms with Crippen LogP contribution in [0.3, 0.4) is 0 Å². The van der Waals surface area contributed by atoms with Gasteiger partial charge in [-0.1, -0.05) is 23.7 Å². The molecule has 2 aromatic carbocycles. The van der Waals surface area contributed by atoms with Gasteiger partial charge in [0.2, 0.25) is 5.91 Å². The lowest BCUT2D eigenvalue weighted by Crippen LogP contribution is -2.32. The number of rotatable bonds is 4. The Labute approximate surface area is 143 Å². The quantitative estimate of drug-likeness (QED) is 0.713. The van der Waals surface area contributed by atoms with Crippen molar-refractivity contribution in [2.75, 3.05) is 10.6 Å². The number of halogens is 2. The van der Waals surface area contributed by atoms with E-state index in [9.17, 15) is 4.79 Å². The lowest BCUT2D eigenvalue weighted by atomic mass is 10.2. The van der Waals surface area contributed by atoms with E-state index in [4.69, 9.17) is 11.6 Å². The molecule has 5 heteroatoms. The molecule has 0 saturated heterocycles. The van der Waals surface area contributed by atoms with Crippen LogP contribution in [0.5, 0.6) is 0 Å². The van der Waals surface area contributed by atoms with Gasteiger partial charge in [0.1, 0.15) is 6.04 Å². The van der Waals surface area contributed by atoms with Crippen molar-refractivity contribution in [3.63, 3.8) is 0 Å². The number of hydrogen-bond acceptors (Lipinski definition) is 2. The topological polar surface area (TPSA) is 41.1 Å². The number of carbonyl (C=O) groups is 1. The molecule has 1 amide bonds. The number of hydrogen-bond donors (Lipinski definition) is 2. The predicted octanol–water partition coefficient (Wildman–Crippen LogP) is 4.69. The minimum Gasteiger partial charge on any atom is -0.374 e. The van der Waals surface area contributed by atoms with Gasteiger partial charge in [-0.3, -0.25) is 4.79 Å². The SMILES string of the molecule is Cc1c(Cl)cccc1NC(=O)C(C)Nc1cccc(I)c1. The molecule has 0 spiro atoms. The third-order valence-corrected chi connectivity index (χ3v) is 4.21. The first-order valence-electron chi connectivity index (χ1n) is 6.55. The number of anilines is 2. The summed E-state index contributed by atoms with van der Waals surface area (Å²) in [5.41, 5.74) is 2.53. The van der Waals surface area contributed by atoms with E-state index in [2.05, 4.69) is 33.2 Å². The molecular weight excluding hydrogens is 399 g/mol. The van der Waals surface area contributed by atoms with Gasteiger partial charge in [0.15, 0.2) is 0 Å². The molecule has 21 heavy (non-hydrogen) atoms. The zero-order valence-corrected chi connectivity index (χ0v) is 14.7. The molecule has 0 aliphatic rings. The lowest BCUT2D eigenvalue weighted by Gasteiger charge is -2.16. The van der Waals surface area contributed by atoms with Crippen LogP contribution in [0.25, 0.3) is 0 Å². The normalized spacial score (nSPS) is 11.8. The van der Waals surface area contributed by atoms with E-state index >= 15 is 0 Å². The maximum atomic E-state index is 12.2. The van der Waals surface area contributed by atoms with Crippen LogP contribution in [0, 0.1) is 10.5 Å². The first-order chi connectivity index (χ1) is 9.97. The molecule has 0 heterocycles. The molecular formula is C16H16ClIN2O. The van der Waals surface area contributed by atoms with Crippen molar-refractivity contribution in [1.29, 1.82) is 0 Å². The minimum absolute atomic E-state index is 0.0979. The van der Waals surface area contributed by atoms with E-state index in [1.165, 1.54) is 0 Å². The molecule has 2 N–H and O–H groups in total. The average molecular weight is 415 g/mol. The summed E-state index contributed by atoms with van der Waals surface area (Å²) in [6.45, 7) is 3.71. The Kier molecular flexibility index (Phi) is 5.47. The summed E-state index contributed by atoms with van der Waals surface area (Å²) in [7, 11) is 0. The summed E-state index contributed by atoms with van der Waals surface area (Å²) in [6.07, 6.45) is 0. The maximum absolute atomic E-state index is 12.2. The zero-order chi connectivity index (χ0) is 15.4. The third kappa shape index (κ3) is 4.35. The Morgan fingerprint density at radius 3 is 2.67 bits per heavy atom. The van der Waals surface area contributed by atoms with Gasteiger partial charge in [-0.25, -0.2) is 0 Å². The van der Waals surface area contributed by atoms with Crippen LogP contribution in [-0.2, 0) is 4.79 Å². The van der Waals surface area contributed by atoms with Gasteiger partial charge in [0, 0.05) is 20.0 Å². The minimum atomic E-state index is -0.346. The number of benzene rings is 2. The summed E-state index contributed by atoms with van der Waals surface area (Å²) >= 11 is 8.30. The first kappa shape index (κ1) is 16.1. The molecule has 0 aliphatic heterocycles. The van der Waals surface area contributed by atoms with Crippen LogP contribution < -0.4 is 10.6 Å². The molecule has 2 rings (SSSR count). The summed E-state index contributed by atoms with van der Waals surface area (Å²) in [5, 5.41) is 6.73. The van der Waals surface area contributed by atoms with E-state index in [-0.39, 0.29) is 11.9 Å². The van der Waals surface area contributed by atoms with Crippen LogP contribution in [0.2, 0.25) is 5.02 Å². The van der Waals surface area contributed by atoms with E-state index in [0.717, 1.165) is 20.5 Å². The highest BCUT2D eigenvalue weighted by molar-refractivity contribution is 14.1. The predicted molar refractivity (Wildman–Crippen MR) is 97.1 cm³/mol.